The zero-order chi connectivity index (χ0) is 16.8. The largest absolute Gasteiger partial charge is 0.396 e. The average molecular weight is 329 g/mol. The molecule has 3 amide bonds. The number of ketones is 1. The first-order chi connectivity index (χ1) is 11.0. The first kappa shape index (κ1) is 17.6. The second-order valence-electron chi connectivity index (χ2n) is 5.58. The highest BCUT2D eigenvalue weighted by molar-refractivity contribution is 5.94. The van der Waals surface area contributed by atoms with Crippen LogP contribution in [0.15, 0.2) is 0 Å². The lowest BCUT2D eigenvalue weighted by molar-refractivity contribution is -0.127. The zero-order valence-electron chi connectivity index (χ0n) is 13.1. The Morgan fingerprint density at radius 1 is 1.39 bits per heavy atom. The van der Waals surface area contributed by atoms with Gasteiger partial charge in [0.1, 0.15) is 18.7 Å². The highest BCUT2D eigenvalue weighted by Gasteiger charge is 2.37. The molecule has 2 heterocycles. The SMILES string of the molecule is C[C@H](NC(=O)N1CCOCC1)C(=O)NC1C(=O)CO[C@H]1CCO. The molecule has 9 heteroatoms. The lowest BCUT2D eigenvalue weighted by atomic mass is 10.1. The van der Waals surface area contributed by atoms with Gasteiger partial charge in [-0.15, -0.1) is 0 Å². The zero-order valence-corrected chi connectivity index (χ0v) is 13.1. The van der Waals surface area contributed by atoms with Crippen molar-refractivity contribution in [2.45, 2.75) is 31.5 Å². The maximum atomic E-state index is 12.2. The Balaban J connectivity index is 1.84. The van der Waals surface area contributed by atoms with Gasteiger partial charge in [0, 0.05) is 19.7 Å². The molecule has 2 aliphatic rings. The molecule has 0 aliphatic carbocycles. The number of aliphatic hydroxyl groups excluding tert-OH is 1. The van der Waals surface area contributed by atoms with E-state index in [1.165, 1.54) is 0 Å². The van der Waals surface area contributed by atoms with Gasteiger partial charge in [0.25, 0.3) is 0 Å². The fourth-order valence-electron chi connectivity index (χ4n) is 2.52. The van der Waals surface area contributed by atoms with E-state index in [0.29, 0.717) is 26.3 Å². The quantitative estimate of drug-likeness (QED) is 0.551. The summed E-state index contributed by atoms with van der Waals surface area (Å²) >= 11 is 0. The van der Waals surface area contributed by atoms with Gasteiger partial charge in [-0.3, -0.25) is 9.59 Å². The summed E-state index contributed by atoms with van der Waals surface area (Å²) in [6.07, 6.45) is -0.260. The normalized spacial score (nSPS) is 26.0. The number of nitrogens with one attached hydrogen (secondary N) is 2. The summed E-state index contributed by atoms with van der Waals surface area (Å²) in [6.45, 7) is 3.25. The maximum Gasteiger partial charge on any atom is 0.318 e. The van der Waals surface area contributed by atoms with Crippen molar-refractivity contribution in [2.75, 3.05) is 39.5 Å². The van der Waals surface area contributed by atoms with Gasteiger partial charge in [0.2, 0.25) is 5.91 Å². The van der Waals surface area contributed by atoms with Gasteiger partial charge in [-0.25, -0.2) is 4.79 Å². The van der Waals surface area contributed by atoms with Crippen LogP contribution in [0.3, 0.4) is 0 Å². The van der Waals surface area contributed by atoms with Crippen LogP contribution in [0.5, 0.6) is 0 Å². The third-order valence-corrected chi connectivity index (χ3v) is 3.90. The summed E-state index contributed by atoms with van der Waals surface area (Å²) in [5, 5.41) is 14.2. The van der Waals surface area contributed by atoms with Crippen LogP contribution in [0.2, 0.25) is 0 Å². The highest BCUT2D eigenvalue weighted by atomic mass is 16.5. The molecule has 0 radical (unpaired) electrons. The van der Waals surface area contributed by atoms with Gasteiger partial charge in [0.05, 0.1) is 19.3 Å². The standard InChI is InChI=1S/C14H23N3O6/c1-9(15-14(21)17-3-6-22-7-4-17)13(20)16-12-10(19)8-23-11(12)2-5-18/h9,11-12,18H,2-8H2,1H3,(H,15,21)(H,16,20)/t9-,11-,12?/m0/s1. The van der Waals surface area contributed by atoms with Crippen molar-refractivity contribution in [3.8, 4) is 0 Å². The molecule has 2 fully saturated rings. The van der Waals surface area contributed by atoms with Crippen LogP contribution in [0.4, 0.5) is 4.79 Å². The summed E-state index contributed by atoms with van der Waals surface area (Å²) in [5.74, 6) is -0.693. The van der Waals surface area contributed by atoms with E-state index in [-0.39, 0.29) is 31.4 Å². The number of nitrogens with zero attached hydrogens (tertiary/aromatic N) is 1. The smallest absolute Gasteiger partial charge is 0.318 e. The van der Waals surface area contributed by atoms with Crippen LogP contribution in [-0.4, -0.2) is 85.4 Å². The second kappa shape index (κ2) is 8.23. The van der Waals surface area contributed by atoms with E-state index in [1.54, 1.807) is 11.8 Å². The topological polar surface area (TPSA) is 117 Å². The predicted octanol–water partition coefficient (Wildman–Crippen LogP) is -1.75. The van der Waals surface area contributed by atoms with E-state index in [9.17, 15) is 14.4 Å². The van der Waals surface area contributed by atoms with Crippen molar-refractivity contribution < 1.29 is 29.0 Å². The van der Waals surface area contributed by atoms with Crippen LogP contribution in [-0.2, 0) is 19.1 Å². The molecule has 2 aliphatic heterocycles. The first-order valence-electron chi connectivity index (χ1n) is 7.71. The van der Waals surface area contributed by atoms with Crippen LogP contribution >= 0.6 is 0 Å². The molecular weight excluding hydrogens is 306 g/mol. The van der Waals surface area contributed by atoms with E-state index in [0.717, 1.165) is 0 Å². The van der Waals surface area contributed by atoms with Crippen molar-refractivity contribution in [3.05, 3.63) is 0 Å². The highest BCUT2D eigenvalue weighted by Crippen LogP contribution is 2.14. The Morgan fingerprint density at radius 3 is 2.74 bits per heavy atom. The predicted molar refractivity (Wildman–Crippen MR) is 78.8 cm³/mol. The molecule has 9 nitrogen and oxygen atoms in total. The van der Waals surface area contributed by atoms with Gasteiger partial charge in [-0.2, -0.15) is 0 Å². The molecule has 0 saturated carbocycles. The number of urea groups is 1. The van der Waals surface area contributed by atoms with Crippen molar-refractivity contribution in [3.63, 3.8) is 0 Å². The summed E-state index contributed by atoms with van der Waals surface area (Å²) in [5.41, 5.74) is 0. The number of rotatable bonds is 5. The van der Waals surface area contributed by atoms with E-state index in [1.807, 2.05) is 0 Å². The Bertz CT molecular complexity index is 452. The van der Waals surface area contributed by atoms with Gasteiger partial charge < -0.3 is 30.1 Å². The number of hydrogen-bond acceptors (Lipinski definition) is 6. The number of carbonyl (C=O) groups is 3. The molecule has 23 heavy (non-hydrogen) atoms. The van der Waals surface area contributed by atoms with E-state index < -0.39 is 24.1 Å². The monoisotopic (exact) mass is 329 g/mol. The Kier molecular flexibility index (Phi) is 6.31. The van der Waals surface area contributed by atoms with Crippen LogP contribution < -0.4 is 10.6 Å². The fourth-order valence-corrected chi connectivity index (χ4v) is 2.52. The summed E-state index contributed by atoms with van der Waals surface area (Å²) < 4.78 is 10.4. The number of ether oxygens (including phenoxy) is 2. The van der Waals surface area contributed by atoms with Crippen molar-refractivity contribution in [1.29, 1.82) is 0 Å². The molecule has 2 rings (SSSR count). The Labute approximate surface area is 134 Å². The molecule has 0 aromatic carbocycles. The van der Waals surface area contributed by atoms with Crippen molar-refractivity contribution in [2.24, 2.45) is 0 Å². The Morgan fingerprint density at radius 2 is 2.09 bits per heavy atom. The first-order valence-corrected chi connectivity index (χ1v) is 7.71. The number of Topliss-reactive ketones (excluding diaryl/α,β-unsaturated/α-hetero) is 1. The van der Waals surface area contributed by atoms with Gasteiger partial charge >= 0.3 is 6.03 Å². The molecule has 0 aromatic heterocycles. The summed E-state index contributed by atoms with van der Waals surface area (Å²) in [7, 11) is 0. The van der Waals surface area contributed by atoms with Gasteiger partial charge in [-0.05, 0) is 13.3 Å². The molecule has 0 spiro atoms. The molecule has 0 bridgehead atoms. The number of hydrogen-bond donors (Lipinski definition) is 3. The molecular formula is C14H23N3O6. The lowest BCUT2D eigenvalue weighted by Gasteiger charge is -2.28. The molecule has 1 unspecified atom stereocenters. The fraction of sp³-hybridized carbons (Fsp3) is 0.786. The summed E-state index contributed by atoms with van der Waals surface area (Å²) in [4.78, 5) is 37.5. The molecule has 0 aromatic rings. The minimum absolute atomic E-state index is 0.0792. The van der Waals surface area contributed by atoms with Gasteiger partial charge in [0.15, 0.2) is 5.78 Å². The van der Waals surface area contributed by atoms with Crippen molar-refractivity contribution >= 4 is 17.7 Å². The van der Waals surface area contributed by atoms with Crippen molar-refractivity contribution in [1.82, 2.24) is 15.5 Å². The number of amides is 3. The van der Waals surface area contributed by atoms with E-state index in [2.05, 4.69) is 10.6 Å². The minimum atomic E-state index is -0.784. The van der Waals surface area contributed by atoms with E-state index >= 15 is 0 Å². The third-order valence-electron chi connectivity index (χ3n) is 3.90. The van der Waals surface area contributed by atoms with E-state index in [4.69, 9.17) is 14.6 Å². The average Bonchev–Trinajstić information content (AvgIpc) is 2.89. The lowest BCUT2D eigenvalue weighted by Crippen LogP contribution is -2.55. The molecule has 130 valence electrons. The van der Waals surface area contributed by atoms with Crippen LogP contribution in [0.1, 0.15) is 13.3 Å². The molecule has 3 N–H and O–H groups in total. The minimum Gasteiger partial charge on any atom is -0.396 e. The molecule has 3 atom stereocenters. The number of aliphatic hydroxyl groups is 1. The summed E-state index contributed by atoms with van der Waals surface area (Å²) in [6, 6.07) is -1.90. The third kappa shape index (κ3) is 4.63. The Hall–Kier alpha value is -1.71. The maximum absolute atomic E-state index is 12.2. The molecule has 2 saturated heterocycles. The van der Waals surface area contributed by atoms with Crippen LogP contribution in [0, 0.1) is 0 Å². The van der Waals surface area contributed by atoms with Crippen LogP contribution in [0.25, 0.3) is 0 Å². The number of morpholine rings is 1. The number of carbonyl (C=O) groups excluding carboxylic acids is 3. The van der Waals surface area contributed by atoms with Gasteiger partial charge in [-0.1, -0.05) is 0 Å². The second-order valence-corrected chi connectivity index (χ2v) is 5.58.